The van der Waals surface area contributed by atoms with Crippen molar-refractivity contribution in [3.8, 4) is 16.9 Å². The molecule has 138 valence electrons. The Morgan fingerprint density at radius 3 is 2.44 bits per heavy atom. The monoisotopic (exact) mass is 382 g/mol. The largest absolute Gasteiger partial charge is 0.497 e. The molecule has 2 heterocycles. The molecule has 0 atom stereocenters. The summed E-state index contributed by atoms with van der Waals surface area (Å²) < 4.78 is 10.4. The Hall–Kier alpha value is -3.19. The van der Waals surface area contributed by atoms with Crippen LogP contribution in [0.15, 0.2) is 54.2 Å². The van der Waals surface area contributed by atoms with Crippen molar-refractivity contribution < 1.29 is 19.1 Å². The Bertz CT molecular complexity index is 936. The van der Waals surface area contributed by atoms with E-state index < -0.39 is 5.97 Å². The van der Waals surface area contributed by atoms with Gasteiger partial charge in [-0.25, -0.2) is 4.79 Å². The second-order valence-electron chi connectivity index (χ2n) is 5.49. The summed E-state index contributed by atoms with van der Waals surface area (Å²) in [4.78, 5) is 28.9. The molecular formula is C20H18N2O4S. The SMILES string of the molecule is CCOC(=O)c1c(-c2ccc(OC)cc2)csc1NC(=O)c1ccncc1. The summed E-state index contributed by atoms with van der Waals surface area (Å²) in [6, 6.07) is 10.6. The van der Waals surface area contributed by atoms with Crippen LogP contribution in [0.4, 0.5) is 5.00 Å². The molecule has 0 spiro atoms. The standard InChI is InChI=1S/C20H18N2O4S/c1-3-26-20(24)17-16(13-4-6-15(25-2)7-5-13)12-27-19(17)22-18(23)14-8-10-21-11-9-14/h4-12H,3H2,1-2H3,(H,22,23). The average molecular weight is 382 g/mol. The van der Waals surface area contributed by atoms with Gasteiger partial charge in [-0.15, -0.1) is 11.3 Å². The second-order valence-corrected chi connectivity index (χ2v) is 6.37. The number of carbonyl (C=O) groups is 2. The fraction of sp³-hybridized carbons (Fsp3) is 0.150. The number of thiophene rings is 1. The molecule has 0 aliphatic carbocycles. The number of hydrogen-bond donors (Lipinski definition) is 1. The molecule has 0 aliphatic rings. The molecule has 7 heteroatoms. The topological polar surface area (TPSA) is 77.5 Å². The Morgan fingerprint density at radius 1 is 1.11 bits per heavy atom. The van der Waals surface area contributed by atoms with Gasteiger partial charge in [0.15, 0.2) is 0 Å². The number of rotatable bonds is 6. The van der Waals surface area contributed by atoms with Crippen molar-refractivity contribution in [2.45, 2.75) is 6.92 Å². The molecule has 0 unspecified atom stereocenters. The maximum absolute atomic E-state index is 12.6. The molecule has 1 amide bonds. The minimum absolute atomic E-state index is 0.245. The lowest BCUT2D eigenvalue weighted by Gasteiger charge is -2.09. The zero-order valence-corrected chi connectivity index (χ0v) is 15.7. The summed E-state index contributed by atoms with van der Waals surface area (Å²) in [7, 11) is 1.59. The summed E-state index contributed by atoms with van der Waals surface area (Å²) in [5, 5.41) is 5.08. The van der Waals surface area contributed by atoms with Crippen LogP contribution in [0.5, 0.6) is 5.75 Å². The molecule has 2 aromatic heterocycles. The van der Waals surface area contributed by atoms with Crippen molar-refractivity contribution in [3.63, 3.8) is 0 Å². The number of pyridine rings is 1. The van der Waals surface area contributed by atoms with Crippen LogP contribution >= 0.6 is 11.3 Å². The van der Waals surface area contributed by atoms with Crippen LogP contribution in [0, 0.1) is 0 Å². The van der Waals surface area contributed by atoms with Gasteiger partial charge >= 0.3 is 5.97 Å². The third-order valence-corrected chi connectivity index (χ3v) is 4.74. The number of nitrogens with zero attached hydrogens (tertiary/aromatic N) is 1. The van der Waals surface area contributed by atoms with Gasteiger partial charge in [-0.1, -0.05) is 12.1 Å². The van der Waals surface area contributed by atoms with E-state index in [1.807, 2.05) is 29.6 Å². The average Bonchev–Trinajstić information content (AvgIpc) is 3.12. The Balaban J connectivity index is 1.97. The van der Waals surface area contributed by atoms with Gasteiger partial charge in [0, 0.05) is 28.9 Å². The number of esters is 1. The molecule has 0 fully saturated rings. The molecule has 0 saturated carbocycles. The highest BCUT2D eigenvalue weighted by Gasteiger charge is 2.23. The number of hydrogen-bond acceptors (Lipinski definition) is 6. The highest BCUT2D eigenvalue weighted by atomic mass is 32.1. The zero-order valence-electron chi connectivity index (χ0n) is 14.9. The Labute approximate surface area is 160 Å². The lowest BCUT2D eigenvalue weighted by atomic mass is 10.0. The number of carbonyl (C=O) groups excluding carboxylic acids is 2. The van der Waals surface area contributed by atoms with E-state index in [9.17, 15) is 9.59 Å². The number of benzene rings is 1. The van der Waals surface area contributed by atoms with Gasteiger partial charge < -0.3 is 14.8 Å². The van der Waals surface area contributed by atoms with Crippen LogP contribution in [0.25, 0.3) is 11.1 Å². The highest BCUT2D eigenvalue weighted by Crippen LogP contribution is 2.37. The van der Waals surface area contributed by atoms with Gasteiger partial charge in [-0.2, -0.15) is 0 Å². The van der Waals surface area contributed by atoms with Crippen LogP contribution in [0.3, 0.4) is 0 Å². The van der Waals surface area contributed by atoms with E-state index in [4.69, 9.17) is 9.47 Å². The van der Waals surface area contributed by atoms with Crippen LogP contribution in [0.2, 0.25) is 0 Å². The van der Waals surface area contributed by atoms with Crippen molar-refractivity contribution in [3.05, 3.63) is 65.3 Å². The number of methoxy groups -OCH3 is 1. The van der Waals surface area contributed by atoms with Crippen LogP contribution < -0.4 is 10.1 Å². The second kappa shape index (κ2) is 8.46. The first-order valence-corrected chi connectivity index (χ1v) is 9.16. The third kappa shape index (κ3) is 4.15. The number of ether oxygens (including phenoxy) is 2. The first kappa shape index (κ1) is 18.6. The smallest absolute Gasteiger partial charge is 0.341 e. The van der Waals surface area contributed by atoms with Gasteiger partial charge in [0.25, 0.3) is 5.91 Å². The predicted octanol–water partition coefficient (Wildman–Crippen LogP) is 4.25. The fourth-order valence-corrected chi connectivity index (χ4v) is 3.47. The van der Waals surface area contributed by atoms with E-state index in [0.717, 1.165) is 11.3 Å². The minimum atomic E-state index is -0.477. The number of aromatic nitrogens is 1. The molecule has 27 heavy (non-hydrogen) atoms. The van der Waals surface area contributed by atoms with Crippen molar-refractivity contribution in [1.29, 1.82) is 0 Å². The lowest BCUT2D eigenvalue weighted by molar-refractivity contribution is 0.0529. The van der Waals surface area contributed by atoms with E-state index in [-0.39, 0.29) is 12.5 Å². The summed E-state index contributed by atoms with van der Waals surface area (Å²) in [6.07, 6.45) is 3.08. The van der Waals surface area contributed by atoms with Gasteiger partial charge in [0.2, 0.25) is 0 Å². The molecule has 3 aromatic rings. The molecule has 3 rings (SSSR count). The molecule has 0 bridgehead atoms. The van der Waals surface area contributed by atoms with Gasteiger partial charge in [-0.05, 0) is 36.8 Å². The van der Waals surface area contributed by atoms with Crippen molar-refractivity contribution >= 4 is 28.2 Å². The Morgan fingerprint density at radius 2 is 1.81 bits per heavy atom. The van der Waals surface area contributed by atoms with Crippen LogP contribution in [-0.2, 0) is 4.74 Å². The van der Waals surface area contributed by atoms with Crippen LogP contribution in [0.1, 0.15) is 27.6 Å². The molecule has 6 nitrogen and oxygen atoms in total. The van der Waals surface area contributed by atoms with Crippen molar-refractivity contribution in [2.75, 3.05) is 19.0 Å². The summed E-state index contributed by atoms with van der Waals surface area (Å²) in [5.41, 5.74) is 2.33. The molecular weight excluding hydrogens is 364 g/mol. The van der Waals surface area contributed by atoms with E-state index >= 15 is 0 Å². The number of anilines is 1. The summed E-state index contributed by atoms with van der Waals surface area (Å²) in [5.74, 6) is -0.0708. The molecule has 0 radical (unpaired) electrons. The predicted molar refractivity (Wildman–Crippen MR) is 104 cm³/mol. The first-order chi connectivity index (χ1) is 13.1. The molecule has 1 aromatic carbocycles. The van der Waals surface area contributed by atoms with Gasteiger partial charge in [0.1, 0.15) is 16.3 Å². The van der Waals surface area contributed by atoms with E-state index in [2.05, 4.69) is 10.3 Å². The Kier molecular flexibility index (Phi) is 5.83. The maximum atomic E-state index is 12.6. The van der Waals surface area contributed by atoms with Crippen molar-refractivity contribution in [2.24, 2.45) is 0 Å². The van der Waals surface area contributed by atoms with E-state index in [1.54, 1.807) is 38.6 Å². The summed E-state index contributed by atoms with van der Waals surface area (Å²) in [6.45, 7) is 1.99. The van der Waals surface area contributed by atoms with Gasteiger partial charge in [0.05, 0.1) is 13.7 Å². The molecule has 1 N–H and O–H groups in total. The minimum Gasteiger partial charge on any atom is -0.497 e. The lowest BCUT2D eigenvalue weighted by Crippen LogP contribution is -2.14. The fourth-order valence-electron chi connectivity index (χ4n) is 2.52. The molecule has 0 saturated heterocycles. The summed E-state index contributed by atoms with van der Waals surface area (Å²) >= 11 is 1.28. The first-order valence-electron chi connectivity index (χ1n) is 8.28. The number of nitrogens with one attached hydrogen (secondary N) is 1. The van der Waals surface area contributed by atoms with E-state index in [1.165, 1.54) is 11.3 Å². The van der Waals surface area contributed by atoms with Gasteiger partial charge in [-0.3, -0.25) is 9.78 Å². The molecule has 0 aliphatic heterocycles. The van der Waals surface area contributed by atoms with Crippen molar-refractivity contribution in [1.82, 2.24) is 4.98 Å². The zero-order chi connectivity index (χ0) is 19.2. The normalized spacial score (nSPS) is 10.3. The number of amides is 1. The maximum Gasteiger partial charge on any atom is 0.341 e. The quantitative estimate of drug-likeness (QED) is 0.645. The van der Waals surface area contributed by atoms with E-state index in [0.29, 0.717) is 21.7 Å². The highest BCUT2D eigenvalue weighted by molar-refractivity contribution is 7.15. The van der Waals surface area contributed by atoms with Crippen LogP contribution in [-0.4, -0.2) is 30.6 Å². The third-order valence-electron chi connectivity index (χ3n) is 3.84.